The molecule has 2 heterocycles. The van der Waals surface area contributed by atoms with Crippen molar-refractivity contribution in [1.82, 2.24) is 25.0 Å². The first-order chi connectivity index (χ1) is 16.9. The molecule has 11 heteroatoms. The quantitative estimate of drug-likeness (QED) is 0.229. The van der Waals surface area contributed by atoms with Crippen molar-refractivity contribution in [3.05, 3.63) is 95.3 Å². The van der Waals surface area contributed by atoms with E-state index in [1.807, 2.05) is 30.3 Å². The van der Waals surface area contributed by atoms with E-state index >= 15 is 0 Å². The van der Waals surface area contributed by atoms with E-state index in [0.717, 1.165) is 23.4 Å². The van der Waals surface area contributed by atoms with Gasteiger partial charge < -0.3 is 4.42 Å². The third-order valence-electron chi connectivity index (χ3n) is 4.98. The number of hydrogen-bond acceptors (Lipinski definition) is 6. The molecule has 0 saturated carbocycles. The summed E-state index contributed by atoms with van der Waals surface area (Å²) >= 11 is 7.26. The molecule has 0 bridgehead atoms. The van der Waals surface area contributed by atoms with Crippen LogP contribution in [0.1, 0.15) is 11.5 Å². The average molecular weight is 514 g/mol. The number of hydrogen-bond donors (Lipinski definition) is 0. The van der Waals surface area contributed by atoms with Crippen molar-refractivity contribution in [3.63, 3.8) is 0 Å². The fraction of sp³-hybridized carbons (Fsp3) is 0.0833. The molecule has 35 heavy (non-hydrogen) atoms. The third-order valence-corrected chi connectivity index (χ3v) is 6.13. The van der Waals surface area contributed by atoms with Gasteiger partial charge in [0, 0.05) is 16.1 Å². The van der Waals surface area contributed by atoms with Gasteiger partial charge >= 0.3 is 6.18 Å². The van der Waals surface area contributed by atoms with Gasteiger partial charge in [0.1, 0.15) is 0 Å². The largest absolute Gasteiger partial charge is 0.420 e. The summed E-state index contributed by atoms with van der Waals surface area (Å²) in [6.45, 7) is 0. The minimum Gasteiger partial charge on any atom is -0.420 e. The van der Waals surface area contributed by atoms with Crippen molar-refractivity contribution in [1.29, 1.82) is 0 Å². The smallest absolute Gasteiger partial charge is 0.418 e. The molecule has 5 aromatic rings. The SMILES string of the molecule is FC(F)(F)c1ccccc1-n1c(SCc2nnc(-c3ccccc3)o2)nnc1-c1cccc(Cl)c1. The zero-order valence-electron chi connectivity index (χ0n) is 17.8. The molecule has 5 rings (SSSR count). The highest BCUT2D eigenvalue weighted by atomic mass is 35.5. The van der Waals surface area contributed by atoms with E-state index in [1.54, 1.807) is 24.3 Å². The minimum absolute atomic E-state index is 0.0991. The lowest BCUT2D eigenvalue weighted by Crippen LogP contribution is -2.12. The van der Waals surface area contributed by atoms with Gasteiger partial charge in [-0.25, -0.2) is 0 Å². The molecular weight excluding hydrogens is 499 g/mol. The molecule has 0 aliphatic rings. The van der Waals surface area contributed by atoms with E-state index in [9.17, 15) is 13.2 Å². The molecule has 0 aliphatic heterocycles. The molecule has 0 saturated heterocycles. The second-order valence-electron chi connectivity index (χ2n) is 7.32. The normalized spacial score (nSPS) is 11.7. The van der Waals surface area contributed by atoms with Crippen molar-refractivity contribution in [2.45, 2.75) is 17.1 Å². The van der Waals surface area contributed by atoms with Gasteiger partial charge in [-0.05, 0) is 36.4 Å². The molecule has 2 aromatic heterocycles. The molecule has 0 unspecified atom stereocenters. The highest BCUT2D eigenvalue weighted by molar-refractivity contribution is 7.98. The van der Waals surface area contributed by atoms with Crippen molar-refractivity contribution in [3.8, 4) is 28.5 Å². The first kappa shape index (κ1) is 23.1. The fourth-order valence-electron chi connectivity index (χ4n) is 3.44. The predicted octanol–water partition coefficient (Wildman–Crippen LogP) is 6.95. The molecule has 0 atom stereocenters. The van der Waals surface area contributed by atoms with Gasteiger partial charge in [-0.3, -0.25) is 4.57 Å². The Morgan fingerprint density at radius 2 is 1.57 bits per heavy atom. The van der Waals surface area contributed by atoms with Gasteiger partial charge in [0.05, 0.1) is 17.0 Å². The predicted molar refractivity (Wildman–Crippen MR) is 126 cm³/mol. The molecule has 0 aliphatic carbocycles. The number of aromatic nitrogens is 5. The lowest BCUT2D eigenvalue weighted by atomic mass is 10.1. The van der Waals surface area contributed by atoms with Crippen molar-refractivity contribution in [2.75, 3.05) is 0 Å². The molecule has 0 radical (unpaired) electrons. The fourth-order valence-corrected chi connectivity index (χ4v) is 4.41. The van der Waals surface area contributed by atoms with Crippen molar-refractivity contribution in [2.24, 2.45) is 0 Å². The van der Waals surface area contributed by atoms with Gasteiger partial charge in [-0.1, -0.05) is 65.8 Å². The Kier molecular flexibility index (Phi) is 6.31. The Morgan fingerprint density at radius 1 is 0.829 bits per heavy atom. The second kappa shape index (κ2) is 9.55. The lowest BCUT2D eigenvalue weighted by Gasteiger charge is -2.16. The number of thioether (sulfide) groups is 1. The van der Waals surface area contributed by atoms with Crippen LogP contribution in [0.4, 0.5) is 13.2 Å². The zero-order valence-corrected chi connectivity index (χ0v) is 19.3. The number of para-hydroxylation sites is 1. The number of rotatable bonds is 6. The van der Waals surface area contributed by atoms with E-state index in [4.69, 9.17) is 16.0 Å². The first-order valence-electron chi connectivity index (χ1n) is 10.3. The highest BCUT2D eigenvalue weighted by Crippen LogP contribution is 2.38. The van der Waals surface area contributed by atoms with Gasteiger partial charge in [-0.15, -0.1) is 20.4 Å². The molecular formula is C24H15ClF3N5OS. The van der Waals surface area contributed by atoms with Gasteiger partial charge in [0.15, 0.2) is 11.0 Å². The Labute approximate surface area is 206 Å². The van der Waals surface area contributed by atoms with Gasteiger partial charge in [0.25, 0.3) is 0 Å². The Hall–Kier alpha value is -3.63. The van der Waals surface area contributed by atoms with Crippen LogP contribution in [0.3, 0.4) is 0 Å². The van der Waals surface area contributed by atoms with Crippen LogP contribution in [-0.4, -0.2) is 25.0 Å². The zero-order chi connectivity index (χ0) is 24.4. The first-order valence-corrected chi connectivity index (χ1v) is 11.6. The summed E-state index contributed by atoms with van der Waals surface area (Å²) in [5.74, 6) is 1.06. The highest BCUT2D eigenvalue weighted by Gasteiger charge is 2.35. The van der Waals surface area contributed by atoms with Crippen LogP contribution in [0.25, 0.3) is 28.5 Å². The maximum Gasteiger partial charge on any atom is 0.418 e. The second-order valence-corrected chi connectivity index (χ2v) is 8.70. The summed E-state index contributed by atoms with van der Waals surface area (Å²) in [4.78, 5) is 0. The van der Waals surface area contributed by atoms with Crippen LogP contribution in [0.15, 0.2) is 88.4 Å². The van der Waals surface area contributed by atoms with Crippen LogP contribution < -0.4 is 0 Å². The minimum atomic E-state index is -4.58. The van der Waals surface area contributed by atoms with Crippen LogP contribution in [0.5, 0.6) is 0 Å². The van der Waals surface area contributed by atoms with Crippen LogP contribution in [-0.2, 0) is 11.9 Å². The molecule has 0 amide bonds. The van der Waals surface area contributed by atoms with E-state index < -0.39 is 11.7 Å². The summed E-state index contributed by atoms with van der Waals surface area (Å²) in [6, 6.07) is 21.2. The van der Waals surface area contributed by atoms with Crippen molar-refractivity contribution >= 4 is 23.4 Å². The number of benzene rings is 3. The van der Waals surface area contributed by atoms with Crippen LogP contribution in [0.2, 0.25) is 5.02 Å². The Bertz CT molecular complexity index is 1470. The van der Waals surface area contributed by atoms with E-state index in [1.165, 1.54) is 22.8 Å². The molecule has 0 fully saturated rings. The number of alkyl halides is 3. The standard InChI is InChI=1S/C24H15ClF3N5OS/c25-17-10-6-9-16(13-17)21-30-32-23(33(21)19-12-5-4-11-18(19)24(26,27)28)35-14-20-29-31-22(34-20)15-7-2-1-3-8-15/h1-13H,14H2. The molecule has 176 valence electrons. The molecule has 0 spiro atoms. The molecule has 3 aromatic carbocycles. The van der Waals surface area contributed by atoms with E-state index in [2.05, 4.69) is 20.4 Å². The summed E-state index contributed by atoms with van der Waals surface area (Å²) in [6.07, 6.45) is -4.58. The van der Waals surface area contributed by atoms with E-state index in [-0.39, 0.29) is 22.4 Å². The monoisotopic (exact) mass is 513 g/mol. The topological polar surface area (TPSA) is 69.6 Å². The summed E-state index contributed by atoms with van der Waals surface area (Å²) in [5, 5.41) is 17.1. The summed E-state index contributed by atoms with van der Waals surface area (Å²) in [5.41, 5.74) is 0.381. The summed E-state index contributed by atoms with van der Waals surface area (Å²) < 4.78 is 48.7. The van der Waals surface area contributed by atoms with Gasteiger partial charge in [-0.2, -0.15) is 13.2 Å². The average Bonchev–Trinajstić information content (AvgIpc) is 3.50. The van der Waals surface area contributed by atoms with Crippen LogP contribution >= 0.6 is 23.4 Å². The summed E-state index contributed by atoms with van der Waals surface area (Å²) in [7, 11) is 0. The van der Waals surface area contributed by atoms with Crippen molar-refractivity contribution < 1.29 is 17.6 Å². The number of halogens is 4. The molecule has 6 nitrogen and oxygen atoms in total. The maximum atomic E-state index is 13.9. The van der Waals surface area contributed by atoms with Gasteiger partial charge in [0.2, 0.25) is 11.8 Å². The number of nitrogens with zero attached hydrogens (tertiary/aromatic N) is 5. The maximum absolute atomic E-state index is 13.9. The van der Waals surface area contributed by atoms with E-state index in [0.29, 0.717) is 22.4 Å². The Morgan fingerprint density at radius 3 is 2.34 bits per heavy atom. The van der Waals surface area contributed by atoms with Crippen LogP contribution in [0, 0.1) is 0 Å². The Balaban J connectivity index is 1.54. The third kappa shape index (κ3) is 4.94. The lowest BCUT2D eigenvalue weighted by molar-refractivity contribution is -0.137. The molecule has 0 N–H and O–H groups in total.